The van der Waals surface area contributed by atoms with E-state index in [1.165, 1.54) is 0 Å². The summed E-state index contributed by atoms with van der Waals surface area (Å²) >= 11 is 0. The van der Waals surface area contributed by atoms with Crippen LogP contribution in [0.25, 0.3) is 0 Å². The van der Waals surface area contributed by atoms with Gasteiger partial charge in [0.05, 0.1) is 0 Å². The van der Waals surface area contributed by atoms with E-state index in [1.54, 1.807) is 31.2 Å². The normalized spacial score (nSPS) is 15.2. The smallest absolute Gasteiger partial charge is 0.337 e. The first-order valence-electron chi connectivity index (χ1n) is 5.53. The zero-order valence-corrected chi connectivity index (χ0v) is 10.1. The van der Waals surface area contributed by atoms with Gasteiger partial charge in [-0.25, -0.2) is 0 Å². The summed E-state index contributed by atoms with van der Waals surface area (Å²) in [5.74, 6) is -0.465. The van der Waals surface area contributed by atoms with Gasteiger partial charge in [0, 0.05) is 0 Å². The Bertz CT molecular complexity index is 549. The average Bonchev–Trinajstić information content (AvgIpc) is 2.77. The lowest BCUT2D eigenvalue weighted by Crippen LogP contribution is -2.34. The van der Waals surface area contributed by atoms with Crippen molar-refractivity contribution in [2.75, 3.05) is 0 Å². The van der Waals surface area contributed by atoms with Crippen LogP contribution in [-0.2, 0) is 12.0 Å². The first kappa shape index (κ1) is 13.5. The molecule has 1 heterocycles. The summed E-state index contributed by atoms with van der Waals surface area (Å²) in [4.78, 5) is 3.72. The van der Waals surface area contributed by atoms with Crippen molar-refractivity contribution >= 4 is 0 Å². The highest BCUT2D eigenvalue weighted by molar-refractivity contribution is 5.28. The lowest BCUT2D eigenvalue weighted by molar-refractivity contribution is -0.128. The van der Waals surface area contributed by atoms with Crippen LogP contribution in [0.3, 0.4) is 0 Å². The monoisotopic (exact) mass is 271 g/mol. The number of nitrogens with zero attached hydrogens (tertiary/aromatic N) is 2. The molecule has 0 aliphatic rings. The van der Waals surface area contributed by atoms with E-state index in [0.29, 0.717) is 5.56 Å². The highest BCUT2D eigenvalue weighted by atomic mass is 19.4. The molecule has 0 amide bonds. The maximum absolute atomic E-state index is 12.2. The molecule has 7 heteroatoms. The fraction of sp³-hybridized carbons (Fsp3) is 0.333. The number of alkyl halides is 3. The Morgan fingerprint density at radius 2 is 1.84 bits per heavy atom. The van der Waals surface area contributed by atoms with Crippen LogP contribution in [-0.4, -0.2) is 16.3 Å². The maximum atomic E-state index is 12.2. The Morgan fingerprint density at radius 3 is 2.42 bits per heavy atom. The molecule has 2 aromatic rings. The number of halogens is 3. The summed E-state index contributed by atoms with van der Waals surface area (Å²) in [5.41, 5.74) is 5.61. The van der Waals surface area contributed by atoms with Crippen LogP contribution < -0.4 is 5.73 Å². The third-order valence-corrected chi connectivity index (χ3v) is 2.64. The molecule has 1 unspecified atom stereocenters. The van der Waals surface area contributed by atoms with Crippen LogP contribution in [0.2, 0.25) is 0 Å². The lowest BCUT2D eigenvalue weighted by atomic mass is 9.93. The number of hydrogen-bond donors (Lipinski definition) is 1. The predicted octanol–water partition coefficient (Wildman–Crippen LogP) is 2.40. The minimum atomic E-state index is -4.38. The van der Waals surface area contributed by atoms with Crippen LogP contribution in [0.15, 0.2) is 34.9 Å². The minimum Gasteiger partial charge on any atom is -0.337 e. The summed E-state index contributed by atoms with van der Waals surface area (Å²) in [7, 11) is 0. The summed E-state index contributed by atoms with van der Waals surface area (Å²) in [5, 5.41) is 3.31. The van der Waals surface area contributed by atoms with Crippen molar-refractivity contribution in [2.45, 2.75) is 25.1 Å². The van der Waals surface area contributed by atoms with Gasteiger partial charge in [0.1, 0.15) is 12.0 Å². The van der Waals surface area contributed by atoms with Gasteiger partial charge in [-0.3, -0.25) is 0 Å². The zero-order chi connectivity index (χ0) is 14.1. The molecule has 0 spiro atoms. The van der Waals surface area contributed by atoms with E-state index >= 15 is 0 Å². The molecule has 102 valence electrons. The predicted molar refractivity (Wildman–Crippen MR) is 61.1 cm³/mol. The van der Waals surface area contributed by atoms with Gasteiger partial charge in [-0.2, -0.15) is 18.2 Å². The molecule has 2 N–H and O–H groups in total. The van der Waals surface area contributed by atoms with Crippen molar-refractivity contribution in [3.63, 3.8) is 0 Å². The summed E-state index contributed by atoms with van der Waals surface area (Å²) < 4.78 is 41.5. The third kappa shape index (κ3) is 3.11. The topological polar surface area (TPSA) is 64.9 Å². The quantitative estimate of drug-likeness (QED) is 0.931. The Hall–Kier alpha value is -1.89. The van der Waals surface area contributed by atoms with Gasteiger partial charge in [-0.15, -0.1) is 0 Å². The minimum absolute atomic E-state index is 0.0436. The molecule has 1 atom stereocenters. The van der Waals surface area contributed by atoms with Crippen molar-refractivity contribution in [1.29, 1.82) is 0 Å². The number of nitrogens with two attached hydrogens (primary N) is 1. The number of hydrogen-bond acceptors (Lipinski definition) is 4. The molecule has 1 aromatic carbocycles. The highest BCUT2D eigenvalue weighted by Crippen LogP contribution is 2.26. The average molecular weight is 271 g/mol. The summed E-state index contributed by atoms with van der Waals surface area (Å²) in [6, 6.07) is 8.84. The lowest BCUT2D eigenvalue weighted by Gasteiger charge is -2.20. The van der Waals surface area contributed by atoms with Crippen LogP contribution in [0.1, 0.15) is 24.2 Å². The molecule has 0 aliphatic heterocycles. The van der Waals surface area contributed by atoms with Crippen LogP contribution in [0.5, 0.6) is 0 Å². The molecular formula is C12H12F3N3O. The van der Waals surface area contributed by atoms with E-state index in [9.17, 15) is 13.2 Å². The highest BCUT2D eigenvalue weighted by Gasteiger charge is 2.34. The van der Waals surface area contributed by atoms with E-state index in [4.69, 9.17) is 10.3 Å². The first-order valence-corrected chi connectivity index (χ1v) is 5.53. The van der Waals surface area contributed by atoms with Crippen LogP contribution in [0.4, 0.5) is 13.2 Å². The van der Waals surface area contributed by atoms with Crippen molar-refractivity contribution in [3.8, 4) is 0 Å². The molecule has 0 saturated heterocycles. The third-order valence-electron chi connectivity index (χ3n) is 2.64. The molecule has 2 rings (SSSR count). The van der Waals surface area contributed by atoms with Crippen molar-refractivity contribution in [2.24, 2.45) is 5.73 Å². The molecule has 0 saturated carbocycles. The molecule has 19 heavy (non-hydrogen) atoms. The van der Waals surface area contributed by atoms with Gasteiger partial charge >= 0.3 is 6.18 Å². The molecule has 0 bridgehead atoms. The Labute approximate surface area is 107 Å². The van der Waals surface area contributed by atoms with Crippen LogP contribution in [0, 0.1) is 0 Å². The van der Waals surface area contributed by atoms with Gasteiger partial charge in [0.25, 0.3) is 5.89 Å². The van der Waals surface area contributed by atoms with E-state index in [2.05, 4.69) is 10.1 Å². The van der Waals surface area contributed by atoms with Crippen molar-refractivity contribution < 1.29 is 17.7 Å². The standard InChI is InChI=1S/C12H12F3N3O/c1-11(16,8-5-3-2-4-6-8)10-17-9(18-19-10)7-12(13,14)15/h2-6H,7,16H2,1H3. The fourth-order valence-electron chi connectivity index (χ4n) is 1.62. The van der Waals surface area contributed by atoms with E-state index in [-0.39, 0.29) is 5.89 Å². The second-order valence-electron chi connectivity index (χ2n) is 4.38. The van der Waals surface area contributed by atoms with Gasteiger partial charge in [0.15, 0.2) is 5.82 Å². The number of aromatic nitrogens is 2. The van der Waals surface area contributed by atoms with Crippen molar-refractivity contribution in [1.82, 2.24) is 10.1 Å². The van der Waals surface area contributed by atoms with Crippen molar-refractivity contribution in [3.05, 3.63) is 47.6 Å². The molecule has 0 aliphatic carbocycles. The Balaban J connectivity index is 2.27. The first-order chi connectivity index (χ1) is 8.79. The number of benzene rings is 1. The molecule has 0 radical (unpaired) electrons. The second kappa shape index (κ2) is 4.65. The number of rotatable bonds is 3. The van der Waals surface area contributed by atoms with Gasteiger partial charge in [-0.1, -0.05) is 35.5 Å². The van der Waals surface area contributed by atoms with Crippen LogP contribution >= 0.6 is 0 Å². The summed E-state index contributed by atoms with van der Waals surface area (Å²) in [6.45, 7) is 1.60. The van der Waals surface area contributed by atoms with E-state index in [0.717, 1.165) is 0 Å². The Morgan fingerprint density at radius 1 is 1.21 bits per heavy atom. The second-order valence-corrected chi connectivity index (χ2v) is 4.38. The van der Waals surface area contributed by atoms with Gasteiger partial charge in [0.2, 0.25) is 0 Å². The Kier molecular flexibility index (Phi) is 3.32. The van der Waals surface area contributed by atoms with E-state index < -0.39 is 24.0 Å². The molecule has 0 fully saturated rings. The maximum Gasteiger partial charge on any atom is 0.396 e. The zero-order valence-electron chi connectivity index (χ0n) is 10.1. The van der Waals surface area contributed by atoms with E-state index in [1.807, 2.05) is 6.07 Å². The molecule has 4 nitrogen and oxygen atoms in total. The SMILES string of the molecule is CC(N)(c1ccccc1)c1nc(CC(F)(F)F)no1. The fourth-order valence-corrected chi connectivity index (χ4v) is 1.62. The molecule has 1 aromatic heterocycles. The summed E-state index contributed by atoms with van der Waals surface area (Å²) in [6.07, 6.45) is -5.61. The largest absolute Gasteiger partial charge is 0.396 e. The van der Waals surface area contributed by atoms with Gasteiger partial charge in [-0.05, 0) is 12.5 Å². The molecular weight excluding hydrogens is 259 g/mol. The van der Waals surface area contributed by atoms with Gasteiger partial charge < -0.3 is 10.3 Å².